The number of nitrogens with one attached hydrogen (secondary N) is 3. The van der Waals surface area contributed by atoms with Crippen molar-refractivity contribution in [2.45, 2.75) is 57.2 Å². The average Bonchev–Trinajstić information content (AvgIpc) is 3.44. The highest BCUT2D eigenvalue weighted by Gasteiger charge is 2.40. The van der Waals surface area contributed by atoms with Crippen LogP contribution in [-0.4, -0.2) is 54.5 Å². The highest BCUT2D eigenvalue weighted by atomic mass is 15.2. The van der Waals surface area contributed by atoms with E-state index in [1.165, 1.54) is 12.8 Å². The Kier molecular flexibility index (Phi) is 5.53. The van der Waals surface area contributed by atoms with Crippen LogP contribution in [0.4, 0.5) is 17.5 Å². The second kappa shape index (κ2) is 8.63. The molecule has 166 valence electrons. The molecule has 3 aromatic heterocycles. The molecule has 2 unspecified atom stereocenters. The quantitative estimate of drug-likeness (QED) is 0.524. The molecule has 2 saturated heterocycles. The second-order valence-corrected chi connectivity index (χ2v) is 8.93. The summed E-state index contributed by atoms with van der Waals surface area (Å²) >= 11 is 0. The third-order valence-electron chi connectivity index (χ3n) is 6.54. The highest BCUT2D eigenvalue weighted by molar-refractivity contribution is 5.71. The van der Waals surface area contributed by atoms with Gasteiger partial charge in [-0.3, -0.25) is 14.7 Å². The Morgan fingerprint density at radius 3 is 2.56 bits per heavy atom. The predicted octanol–water partition coefficient (Wildman–Crippen LogP) is 3.58. The monoisotopic (exact) mass is 431 g/mol. The third-order valence-corrected chi connectivity index (χ3v) is 6.54. The summed E-state index contributed by atoms with van der Waals surface area (Å²) in [5, 5.41) is 27.6. The molecule has 0 aromatic carbocycles. The van der Waals surface area contributed by atoms with Crippen LogP contribution in [0, 0.1) is 18.3 Å². The standard InChI is InChI=1S/C23H29N9/c1-15-8-23(30-29-15)28-22-10-16(17-13-25-31(2)14-17)9-21(27-22)26-18-11-19-4-5-20(12-18)32(19)7-3-6-24/h8-10,13-14,18-20H,3-5,7,11-12H2,1-2H3,(H3,26,27,28,29,30). The molecule has 5 rings (SSSR count). The van der Waals surface area contributed by atoms with Crippen LogP contribution >= 0.6 is 0 Å². The lowest BCUT2D eigenvalue weighted by Gasteiger charge is -2.39. The van der Waals surface area contributed by atoms with Gasteiger partial charge >= 0.3 is 0 Å². The number of hydrogen-bond donors (Lipinski definition) is 3. The SMILES string of the molecule is Cc1cc(Nc2cc(-c3cnn(C)c3)cc(NC3CC4CCC(C3)N4CCC#N)n2)n[nH]1. The van der Waals surface area contributed by atoms with Crippen LogP contribution in [0.3, 0.4) is 0 Å². The number of nitrogens with zero attached hydrogens (tertiary/aromatic N) is 6. The minimum absolute atomic E-state index is 0.378. The van der Waals surface area contributed by atoms with E-state index in [1.54, 1.807) is 0 Å². The fourth-order valence-electron chi connectivity index (χ4n) is 5.16. The maximum Gasteiger partial charge on any atom is 0.153 e. The van der Waals surface area contributed by atoms with Gasteiger partial charge in [0.15, 0.2) is 5.82 Å². The number of piperidine rings is 1. The fourth-order valence-corrected chi connectivity index (χ4v) is 5.16. The number of aromatic nitrogens is 5. The molecule has 0 aliphatic carbocycles. The van der Waals surface area contributed by atoms with E-state index in [4.69, 9.17) is 10.2 Å². The Morgan fingerprint density at radius 2 is 1.91 bits per heavy atom. The van der Waals surface area contributed by atoms with E-state index >= 15 is 0 Å². The van der Waals surface area contributed by atoms with Crippen molar-refractivity contribution in [3.63, 3.8) is 0 Å². The number of aryl methyl sites for hydroxylation is 2. The normalized spacial score (nSPS) is 22.6. The van der Waals surface area contributed by atoms with Gasteiger partial charge in [0.05, 0.1) is 12.3 Å². The van der Waals surface area contributed by atoms with E-state index < -0.39 is 0 Å². The summed E-state index contributed by atoms with van der Waals surface area (Å²) in [4.78, 5) is 7.39. The fraction of sp³-hybridized carbons (Fsp3) is 0.478. The second-order valence-electron chi connectivity index (χ2n) is 8.93. The summed E-state index contributed by atoms with van der Waals surface area (Å²) in [5.41, 5.74) is 3.10. The van der Waals surface area contributed by atoms with Gasteiger partial charge in [0.1, 0.15) is 11.6 Å². The molecule has 3 aromatic rings. The number of anilines is 3. The smallest absolute Gasteiger partial charge is 0.153 e. The first-order valence-electron chi connectivity index (χ1n) is 11.3. The van der Waals surface area contributed by atoms with Crippen molar-refractivity contribution in [2.75, 3.05) is 17.2 Å². The molecule has 2 atom stereocenters. The van der Waals surface area contributed by atoms with Gasteiger partial charge in [-0.15, -0.1) is 0 Å². The Hall–Kier alpha value is -3.38. The minimum atomic E-state index is 0.378. The molecule has 9 heteroatoms. The van der Waals surface area contributed by atoms with Gasteiger partial charge in [0, 0.05) is 61.7 Å². The Labute approximate surface area is 187 Å². The van der Waals surface area contributed by atoms with Crippen LogP contribution in [0.1, 0.15) is 37.8 Å². The average molecular weight is 432 g/mol. The van der Waals surface area contributed by atoms with Crippen molar-refractivity contribution >= 4 is 17.5 Å². The molecular weight excluding hydrogens is 402 g/mol. The van der Waals surface area contributed by atoms with Crippen LogP contribution in [0.25, 0.3) is 11.1 Å². The Bertz CT molecular complexity index is 1110. The van der Waals surface area contributed by atoms with Crippen molar-refractivity contribution in [3.05, 3.63) is 36.3 Å². The summed E-state index contributed by atoms with van der Waals surface area (Å²) in [6, 6.07) is 9.88. The van der Waals surface area contributed by atoms with Crippen molar-refractivity contribution in [3.8, 4) is 17.2 Å². The number of nitriles is 1. The van der Waals surface area contributed by atoms with Gasteiger partial charge in [-0.05, 0) is 50.3 Å². The first-order valence-corrected chi connectivity index (χ1v) is 11.3. The maximum atomic E-state index is 8.98. The van der Waals surface area contributed by atoms with Crippen molar-refractivity contribution in [1.29, 1.82) is 5.26 Å². The number of pyridine rings is 1. The van der Waals surface area contributed by atoms with E-state index in [1.807, 2.05) is 43.2 Å². The molecule has 0 amide bonds. The van der Waals surface area contributed by atoms with E-state index in [9.17, 15) is 0 Å². The lowest BCUT2D eigenvalue weighted by atomic mass is 9.97. The number of fused-ring (bicyclic) bond motifs is 2. The maximum absolute atomic E-state index is 8.98. The number of rotatable bonds is 7. The van der Waals surface area contributed by atoms with Gasteiger partial charge in [0.25, 0.3) is 0 Å². The molecule has 2 aliphatic rings. The molecule has 3 N–H and O–H groups in total. The van der Waals surface area contributed by atoms with E-state index in [-0.39, 0.29) is 0 Å². The van der Waals surface area contributed by atoms with Crippen LogP contribution in [-0.2, 0) is 7.05 Å². The molecule has 0 spiro atoms. The first-order chi connectivity index (χ1) is 15.6. The van der Waals surface area contributed by atoms with Crippen molar-refractivity contribution in [2.24, 2.45) is 7.05 Å². The summed E-state index contributed by atoms with van der Waals surface area (Å²) in [7, 11) is 1.92. The molecule has 2 fully saturated rings. The minimum Gasteiger partial charge on any atom is -0.367 e. The molecular formula is C23H29N9. The van der Waals surface area contributed by atoms with Gasteiger partial charge in [-0.25, -0.2) is 4.98 Å². The van der Waals surface area contributed by atoms with Gasteiger partial charge < -0.3 is 10.6 Å². The molecule has 32 heavy (non-hydrogen) atoms. The zero-order valence-electron chi connectivity index (χ0n) is 18.5. The molecule has 9 nitrogen and oxygen atoms in total. The molecule has 0 radical (unpaired) electrons. The largest absolute Gasteiger partial charge is 0.367 e. The summed E-state index contributed by atoms with van der Waals surface area (Å²) < 4.78 is 1.81. The van der Waals surface area contributed by atoms with Crippen LogP contribution < -0.4 is 10.6 Å². The molecule has 2 bridgehead atoms. The van der Waals surface area contributed by atoms with Gasteiger partial charge in [0.2, 0.25) is 0 Å². The third kappa shape index (κ3) is 4.32. The Balaban J connectivity index is 1.37. The lowest BCUT2D eigenvalue weighted by Crippen LogP contribution is -2.47. The molecule has 0 saturated carbocycles. The number of aromatic amines is 1. The zero-order valence-corrected chi connectivity index (χ0v) is 18.5. The highest BCUT2D eigenvalue weighted by Crippen LogP contribution is 2.37. The van der Waals surface area contributed by atoms with Gasteiger partial charge in [-0.1, -0.05) is 0 Å². The zero-order chi connectivity index (χ0) is 22.1. The lowest BCUT2D eigenvalue weighted by molar-refractivity contribution is 0.136. The molecule has 2 aliphatic heterocycles. The van der Waals surface area contributed by atoms with Crippen LogP contribution in [0.2, 0.25) is 0 Å². The first kappa shape index (κ1) is 20.5. The number of H-pyrrole nitrogens is 1. The van der Waals surface area contributed by atoms with Crippen molar-refractivity contribution in [1.82, 2.24) is 29.9 Å². The van der Waals surface area contributed by atoms with E-state index in [0.717, 1.165) is 53.7 Å². The predicted molar refractivity (Wildman–Crippen MR) is 123 cm³/mol. The number of hydrogen-bond acceptors (Lipinski definition) is 7. The van der Waals surface area contributed by atoms with E-state index in [0.29, 0.717) is 24.5 Å². The van der Waals surface area contributed by atoms with Crippen LogP contribution in [0.15, 0.2) is 30.6 Å². The summed E-state index contributed by atoms with van der Waals surface area (Å²) in [5.74, 6) is 2.35. The topological polar surface area (TPSA) is 110 Å². The van der Waals surface area contributed by atoms with Crippen LogP contribution in [0.5, 0.6) is 0 Å². The summed E-state index contributed by atoms with van der Waals surface area (Å²) in [6.45, 7) is 2.87. The molecule has 5 heterocycles. The van der Waals surface area contributed by atoms with E-state index in [2.05, 4.69) is 43.0 Å². The Morgan fingerprint density at radius 1 is 1.12 bits per heavy atom. The van der Waals surface area contributed by atoms with Crippen molar-refractivity contribution < 1.29 is 0 Å². The van der Waals surface area contributed by atoms with Gasteiger partial charge in [-0.2, -0.15) is 15.5 Å². The summed E-state index contributed by atoms with van der Waals surface area (Å²) in [6.07, 6.45) is 9.11.